The monoisotopic (exact) mass is 866 g/mol. The van der Waals surface area contributed by atoms with E-state index in [1.54, 1.807) is 39.0 Å². The van der Waals surface area contributed by atoms with Crippen molar-refractivity contribution in [2.24, 2.45) is 5.41 Å². The third-order valence-corrected chi connectivity index (χ3v) is 11.6. The van der Waals surface area contributed by atoms with E-state index in [9.17, 15) is 43.7 Å². The van der Waals surface area contributed by atoms with Crippen LogP contribution in [-0.4, -0.2) is 101 Å². The third kappa shape index (κ3) is 11.6. The number of benzene rings is 3. The lowest BCUT2D eigenvalue weighted by Crippen LogP contribution is -2.60. The van der Waals surface area contributed by atoms with Crippen molar-refractivity contribution in [3.8, 4) is 0 Å². The molecule has 1 aliphatic carbocycles. The number of carbonyl (C=O) groups is 7. The molecule has 2 heterocycles. The van der Waals surface area contributed by atoms with E-state index in [0.29, 0.717) is 24.9 Å². The Hall–Kier alpha value is -6.69. The Balaban J connectivity index is 1.15. The lowest BCUT2D eigenvalue weighted by Gasteiger charge is -2.36. The summed E-state index contributed by atoms with van der Waals surface area (Å²) in [6.45, 7) is 6.83. The van der Waals surface area contributed by atoms with Crippen LogP contribution in [0.2, 0.25) is 0 Å². The normalized spacial score (nSPS) is 21.5. The first kappa shape index (κ1) is 45.8. The van der Waals surface area contributed by atoms with Gasteiger partial charge in [0.15, 0.2) is 0 Å². The minimum Gasteiger partial charge on any atom is -0.445 e. The van der Waals surface area contributed by atoms with Crippen LogP contribution in [-0.2, 0) is 36.9 Å². The van der Waals surface area contributed by atoms with Crippen LogP contribution in [0, 0.1) is 15.5 Å². The maximum atomic E-state index is 14.7. The van der Waals surface area contributed by atoms with Crippen LogP contribution in [0.5, 0.6) is 0 Å². The van der Waals surface area contributed by atoms with E-state index in [1.807, 2.05) is 24.3 Å². The van der Waals surface area contributed by atoms with Crippen LogP contribution < -0.4 is 31.9 Å². The van der Waals surface area contributed by atoms with Gasteiger partial charge in [0.2, 0.25) is 17.7 Å². The van der Waals surface area contributed by atoms with Gasteiger partial charge in [-0.25, -0.2) is 4.79 Å². The molecule has 0 spiro atoms. The Morgan fingerprint density at radius 1 is 0.905 bits per heavy atom. The first-order valence-electron chi connectivity index (χ1n) is 21.1. The Morgan fingerprint density at radius 2 is 1.59 bits per heavy atom. The molecule has 334 valence electrons. The van der Waals surface area contributed by atoms with Crippen molar-refractivity contribution in [1.82, 2.24) is 36.8 Å². The highest BCUT2D eigenvalue weighted by atomic mass is 16.6. The van der Waals surface area contributed by atoms with Gasteiger partial charge in [0.1, 0.15) is 31.0 Å². The molecule has 0 aromatic heterocycles. The predicted octanol–water partition coefficient (Wildman–Crippen LogP) is 2.99. The fraction of sp³-hybridized carbons (Fsp3) is 0.444. The lowest BCUT2D eigenvalue weighted by molar-refractivity contribution is -0.384. The fourth-order valence-corrected chi connectivity index (χ4v) is 8.15. The van der Waals surface area contributed by atoms with Crippen LogP contribution in [0.25, 0.3) is 0 Å². The summed E-state index contributed by atoms with van der Waals surface area (Å²) in [4.78, 5) is 105. The molecule has 2 fully saturated rings. The summed E-state index contributed by atoms with van der Waals surface area (Å²) in [5.74, 6) is -2.60. The molecule has 63 heavy (non-hydrogen) atoms. The smallest absolute Gasteiger partial charge is 0.408 e. The summed E-state index contributed by atoms with van der Waals surface area (Å²) in [5.41, 5.74) is 2.05. The second kappa shape index (κ2) is 20.0. The van der Waals surface area contributed by atoms with Crippen LogP contribution in [0.15, 0.2) is 72.8 Å². The average Bonchev–Trinajstić information content (AvgIpc) is 3.91. The van der Waals surface area contributed by atoms with Crippen molar-refractivity contribution < 1.29 is 43.2 Å². The van der Waals surface area contributed by atoms with Gasteiger partial charge in [0, 0.05) is 48.4 Å². The number of nitro benzene ring substituents is 1. The number of hydrogen-bond acceptors (Lipinski definition) is 11. The number of nitro groups is 1. The Bertz CT molecular complexity index is 2230. The molecule has 6 N–H and O–H groups in total. The van der Waals surface area contributed by atoms with Crippen molar-refractivity contribution in [3.63, 3.8) is 0 Å². The van der Waals surface area contributed by atoms with Crippen molar-refractivity contribution in [3.05, 3.63) is 111 Å². The number of ether oxygens (including phenoxy) is 1. The van der Waals surface area contributed by atoms with Crippen LogP contribution in [0.3, 0.4) is 0 Å². The van der Waals surface area contributed by atoms with Gasteiger partial charge in [-0.15, -0.1) is 0 Å². The van der Waals surface area contributed by atoms with Crippen LogP contribution in [0.1, 0.15) is 96.8 Å². The molecule has 0 radical (unpaired) electrons. The van der Waals surface area contributed by atoms with E-state index in [-0.39, 0.29) is 54.5 Å². The molecule has 3 aliphatic rings. The maximum Gasteiger partial charge on any atom is 0.408 e. The third-order valence-electron chi connectivity index (χ3n) is 11.6. The van der Waals surface area contributed by atoms with E-state index in [2.05, 4.69) is 31.9 Å². The highest BCUT2D eigenvalue weighted by Gasteiger charge is 2.46. The molecule has 18 nitrogen and oxygen atoms in total. The number of aldehydes is 1. The standard InChI is InChI=1S/C45H54N8O10/c1-26(47-44(60)63-25-27-15-17-34(18-16-27)53(61)62)39(55)51-38(45(2,3)4)43(59)52-23-32(21-37(52)42(58)50-36-14-8-10-28-9-5-6-13-35(28)36)49-41(57)30-12-7-11-29(19-30)40(56)48-31-20-33(24-54)46-22-31/h5-7,9,11-13,15-19,24,26,31-33,36-38,46H,8,10,14,20-23,25H2,1-4H3,(H,47,60)(H,48,56)(H,49,57)(H,50,58)(H,51,55)/t26-,31-,32-,33-,36+,37?,38?/m0/s1. The molecule has 0 bridgehead atoms. The van der Waals surface area contributed by atoms with Gasteiger partial charge < -0.3 is 46.3 Å². The number of alkyl carbamates (subject to hydrolysis) is 1. The molecule has 18 heteroatoms. The zero-order chi connectivity index (χ0) is 45.4. The second-order valence-electron chi connectivity index (χ2n) is 17.4. The Labute approximate surface area is 364 Å². The largest absolute Gasteiger partial charge is 0.445 e. The molecular weight excluding hydrogens is 813 g/mol. The second-order valence-corrected chi connectivity index (χ2v) is 17.4. The zero-order valence-electron chi connectivity index (χ0n) is 35.7. The first-order valence-corrected chi connectivity index (χ1v) is 21.1. The number of rotatable bonds is 14. The van der Waals surface area contributed by atoms with Crippen molar-refractivity contribution >= 4 is 47.6 Å². The number of likely N-dealkylation sites (tertiary alicyclic amines) is 1. The zero-order valence-corrected chi connectivity index (χ0v) is 35.7. The lowest BCUT2D eigenvalue weighted by atomic mass is 9.85. The molecule has 3 aromatic rings. The summed E-state index contributed by atoms with van der Waals surface area (Å²) in [5, 5.41) is 28.2. The fourth-order valence-electron chi connectivity index (χ4n) is 8.15. The molecule has 3 aromatic carbocycles. The number of fused-ring (bicyclic) bond motifs is 1. The average molecular weight is 867 g/mol. The van der Waals surface area contributed by atoms with Gasteiger partial charge in [-0.2, -0.15) is 0 Å². The Kier molecular flexibility index (Phi) is 14.6. The molecule has 7 atom stereocenters. The van der Waals surface area contributed by atoms with Crippen LogP contribution >= 0.6 is 0 Å². The number of nitrogens with zero attached hydrogens (tertiary/aromatic N) is 2. The molecule has 2 unspecified atom stereocenters. The van der Waals surface area contributed by atoms with E-state index >= 15 is 0 Å². The van der Waals surface area contributed by atoms with Gasteiger partial charge in [0.25, 0.3) is 17.5 Å². The summed E-state index contributed by atoms with van der Waals surface area (Å²) in [6, 6.07) is 14.5. The first-order chi connectivity index (χ1) is 30.0. The Morgan fingerprint density at radius 3 is 2.24 bits per heavy atom. The van der Waals surface area contributed by atoms with Gasteiger partial charge in [-0.05, 0) is 91.5 Å². The van der Waals surface area contributed by atoms with E-state index in [4.69, 9.17) is 4.74 Å². The molecule has 6 rings (SSSR count). The summed E-state index contributed by atoms with van der Waals surface area (Å²) in [7, 11) is 0. The van der Waals surface area contributed by atoms with Gasteiger partial charge in [0.05, 0.1) is 17.0 Å². The summed E-state index contributed by atoms with van der Waals surface area (Å²) >= 11 is 0. The number of non-ortho nitro benzene ring substituents is 1. The number of carbonyl (C=O) groups excluding carboxylic acids is 7. The molecule has 0 saturated carbocycles. The highest BCUT2D eigenvalue weighted by Crippen LogP contribution is 2.31. The van der Waals surface area contributed by atoms with Crippen LogP contribution in [0.4, 0.5) is 10.5 Å². The topological polar surface area (TPSA) is 247 Å². The molecular formula is C45H54N8O10. The highest BCUT2D eigenvalue weighted by molar-refractivity contribution is 6.00. The summed E-state index contributed by atoms with van der Waals surface area (Å²) in [6.07, 6.45) is 2.82. The van der Waals surface area contributed by atoms with Crippen molar-refractivity contribution in [2.75, 3.05) is 13.1 Å². The number of hydrogen-bond donors (Lipinski definition) is 6. The SMILES string of the molecule is C[C@H](NC(=O)OCc1ccc([N+](=O)[O-])cc1)C(=O)NC(C(=O)N1C[C@@H](NC(=O)c2cccc(C(=O)N[C@@H]3CN[C@H](C=O)C3)c2)CC1C(=O)N[C@@H]1CCCc2ccccc21)C(C)(C)C. The minimum atomic E-state index is -1.18. The number of amides is 6. The van der Waals surface area contributed by atoms with Gasteiger partial charge in [-0.1, -0.05) is 51.1 Å². The van der Waals surface area contributed by atoms with Crippen molar-refractivity contribution in [1.29, 1.82) is 0 Å². The minimum absolute atomic E-state index is 0.0633. The molecule has 2 saturated heterocycles. The van der Waals surface area contributed by atoms with E-state index in [1.165, 1.54) is 42.2 Å². The van der Waals surface area contributed by atoms with Gasteiger partial charge >= 0.3 is 6.09 Å². The number of aryl methyl sites for hydroxylation is 1. The summed E-state index contributed by atoms with van der Waals surface area (Å²) < 4.78 is 5.22. The molecule has 2 aliphatic heterocycles. The number of nitrogens with one attached hydrogen (secondary N) is 6. The maximum absolute atomic E-state index is 14.7. The quantitative estimate of drug-likeness (QED) is 0.0781. The predicted molar refractivity (Wildman–Crippen MR) is 229 cm³/mol. The van der Waals surface area contributed by atoms with Crippen molar-refractivity contribution in [2.45, 2.75) is 109 Å². The molecule has 6 amide bonds. The van der Waals surface area contributed by atoms with E-state index < -0.39 is 70.1 Å². The van der Waals surface area contributed by atoms with E-state index in [0.717, 1.165) is 30.3 Å². The van der Waals surface area contributed by atoms with Gasteiger partial charge in [-0.3, -0.25) is 34.1 Å².